The summed E-state index contributed by atoms with van der Waals surface area (Å²) < 4.78 is 51.8. The number of halogens is 5. The molecule has 0 heterocycles. The van der Waals surface area contributed by atoms with E-state index in [0.717, 1.165) is 0 Å². The van der Waals surface area contributed by atoms with Crippen LogP contribution in [-0.2, 0) is 0 Å². The zero-order chi connectivity index (χ0) is 9.65. The molecule has 0 N–H and O–H groups in total. The van der Waals surface area contributed by atoms with Crippen molar-refractivity contribution < 1.29 is 22.0 Å². The Balaban J connectivity index is -0.000000142. The van der Waals surface area contributed by atoms with E-state index < -0.39 is 12.6 Å². The zero-order valence-corrected chi connectivity index (χ0v) is 8.51. The molecule has 0 aliphatic carbocycles. The first kappa shape index (κ1) is 18.3. The molecule has 0 aromatic heterocycles. The van der Waals surface area contributed by atoms with Gasteiger partial charge in [-0.2, -0.15) is 20.8 Å². The van der Waals surface area contributed by atoms with Crippen molar-refractivity contribution in [3.63, 3.8) is 0 Å². The van der Waals surface area contributed by atoms with E-state index in [4.69, 9.17) is 0 Å². The molecule has 0 saturated heterocycles. The fraction of sp³-hybridized carbons (Fsp3) is 0.667. The molecule has 0 amide bonds. The van der Waals surface area contributed by atoms with Crippen molar-refractivity contribution in [1.29, 1.82) is 0 Å². The van der Waals surface area contributed by atoms with Crippen LogP contribution < -0.4 is 0 Å². The molecule has 0 bridgehead atoms. The minimum atomic E-state index is -5.42. The Morgan fingerprint density at radius 3 is 1.00 bits per heavy atom. The molecule has 0 fully saturated rings. The van der Waals surface area contributed by atoms with Gasteiger partial charge in [0.05, 0.1) is 0 Å². The summed E-state index contributed by atoms with van der Waals surface area (Å²) in [5.74, 6) is 1.42. The number of hydrogen-bond acceptors (Lipinski definition) is 0. The van der Waals surface area contributed by atoms with E-state index in [0.29, 0.717) is 0 Å². The Morgan fingerprint density at radius 1 is 0.917 bits per heavy atom. The predicted octanol–water partition coefficient (Wildman–Crippen LogP) is 3.22. The Morgan fingerprint density at radius 2 is 1.00 bits per heavy atom. The first-order chi connectivity index (χ1) is 4.68. The van der Waals surface area contributed by atoms with Crippen LogP contribution in [0.1, 0.15) is 20.8 Å². The van der Waals surface area contributed by atoms with Gasteiger partial charge < -0.3 is 14.7 Å². The molecule has 0 saturated carbocycles. The number of alkyl halides is 3. The normalized spacial score (nSPS) is 10.5. The standard InChI is InChI=1S/C4H9.C2F5.Mg/c1-4(2)3;3-1(4)2(5,6)7;/h1-3H3;;/q2*-1;+2. The molecule has 0 aliphatic rings. The maximum Gasteiger partial charge on any atom is 2.00 e. The summed E-state index contributed by atoms with van der Waals surface area (Å²) in [4.78, 5) is 0. The van der Waals surface area contributed by atoms with Crippen LogP contribution in [0.15, 0.2) is 0 Å². The number of rotatable bonds is 0. The van der Waals surface area contributed by atoms with Crippen LogP contribution in [0, 0.1) is 12.3 Å². The second kappa shape index (κ2) is 8.03. The fourth-order valence-corrected chi connectivity index (χ4v) is 0. The molecular formula is C6H9F5Mg. The Hall–Kier alpha value is 0.416. The molecule has 0 radical (unpaired) electrons. The quantitative estimate of drug-likeness (QED) is 0.320. The van der Waals surface area contributed by atoms with Gasteiger partial charge in [0.15, 0.2) is 0 Å². The third-order valence-corrected chi connectivity index (χ3v) is 0.214. The average molecular weight is 200 g/mol. The van der Waals surface area contributed by atoms with Crippen molar-refractivity contribution in [2.75, 3.05) is 0 Å². The summed E-state index contributed by atoms with van der Waals surface area (Å²) in [6, 6.07) is 0. The summed E-state index contributed by atoms with van der Waals surface area (Å²) in [7, 11) is 0. The van der Waals surface area contributed by atoms with Gasteiger partial charge in [-0.1, -0.05) is 0 Å². The summed E-state index contributed by atoms with van der Waals surface area (Å²) >= 11 is 0. The average Bonchev–Trinajstić information content (AvgIpc) is 1.59. The van der Waals surface area contributed by atoms with Crippen LogP contribution in [0.5, 0.6) is 0 Å². The fourth-order valence-electron chi connectivity index (χ4n) is 0. The summed E-state index contributed by atoms with van der Waals surface area (Å²) in [6.07, 6.45) is -8.92. The maximum absolute atomic E-state index is 10.4. The third kappa shape index (κ3) is 22.4. The van der Waals surface area contributed by atoms with E-state index in [1.807, 2.05) is 0 Å². The molecule has 0 spiro atoms. The monoisotopic (exact) mass is 200 g/mol. The Labute approximate surface area is 84.7 Å². The molecule has 0 unspecified atom stereocenters. The van der Waals surface area contributed by atoms with E-state index in [9.17, 15) is 22.0 Å². The second-order valence-corrected chi connectivity index (χ2v) is 2.26. The first-order valence-electron chi connectivity index (χ1n) is 2.69. The van der Waals surface area contributed by atoms with Gasteiger partial charge in [0.2, 0.25) is 0 Å². The van der Waals surface area contributed by atoms with E-state index >= 15 is 0 Å². The first-order valence-corrected chi connectivity index (χ1v) is 2.69. The van der Waals surface area contributed by atoms with Crippen LogP contribution in [0.4, 0.5) is 22.0 Å². The molecule has 70 valence electrons. The minimum absolute atomic E-state index is 0. The van der Waals surface area contributed by atoms with Crippen molar-refractivity contribution in [3.8, 4) is 0 Å². The smallest absolute Gasteiger partial charge is 0.412 e. The molecular weight excluding hydrogens is 191 g/mol. The van der Waals surface area contributed by atoms with E-state index in [1.165, 1.54) is 5.92 Å². The second-order valence-electron chi connectivity index (χ2n) is 2.26. The zero-order valence-electron chi connectivity index (χ0n) is 7.10. The molecule has 12 heavy (non-hydrogen) atoms. The molecule has 0 aromatic carbocycles. The van der Waals surface area contributed by atoms with Crippen molar-refractivity contribution in [2.45, 2.75) is 26.9 Å². The van der Waals surface area contributed by atoms with Crippen molar-refractivity contribution >= 4 is 23.1 Å². The molecule has 0 aliphatic heterocycles. The van der Waals surface area contributed by atoms with E-state index in [-0.39, 0.29) is 23.1 Å². The van der Waals surface area contributed by atoms with Gasteiger partial charge in [-0.3, -0.25) is 0 Å². The van der Waals surface area contributed by atoms with Crippen LogP contribution in [0.25, 0.3) is 0 Å². The predicted molar refractivity (Wildman–Crippen MR) is 37.5 cm³/mol. The summed E-state index contributed by atoms with van der Waals surface area (Å²) in [5.41, 5.74) is 0. The van der Waals surface area contributed by atoms with Crippen LogP contribution in [0.3, 0.4) is 0 Å². The molecule has 6 heteroatoms. The van der Waals surface area contributed by atoms with Crippen LogP contribution >= 0.6 is 0 Å². The summed E-state index contributed by atoms with van der Waals surface area (Å²) in [6.45, 7) is 6.25. The van der Waals surface area contributed by atoms with Crippen molar-refractivity contribution in [1.82, 2.24) is 0 Å². The van der Waals surface area contributed by atoms with Crippen LogP contribution in [0.2, 0.25) is 0 Å². The van der Waals surface area contributed by atoms with Gasteiger partial charge >= 0.3 is 29.2 Å². The van der Waals surface area contributed by atoms with Crippen molar-refractivity contribution in [3.05, 3.63) is 12.3 Å². The third-order valence-electron chi connectivity index (χ3n) is 0.214. The van der Waals surface area contributed by atoms with Gasteiger partial charge in [0.1, 0.15) is 6.43 Å². The van der Waals surface area contributed by atoms with Gasteiger partial charge in [-0.05, 0) is 0 Å². The largest absolute Gasteiger partial charge is 2.00 e. The topological polar surface area (TPSA) is 0 Å². The molecule has 0 aromatic rings. The Bertz CT molecular complexity index is 85.7. The van der Waals surface area contributed by atoms with Gasteiger partial charge in [-0.15, -0.1) is 0 Å². The van der Waals surface area contributed by atoms with E-state index in [2.05, 4.69) is 20.8 Å². The molecule has 0 rings (SSSR count). The van der Waals surface area contributed by atoms with Gasteiger partial charge in [0.25, 0.3) is 0 Å². The SMILES string of the molecule is C[C-](C)C.F[C-](F)C(F)(F)F.[Mg+2]. The summed E-state index contributed by atoms with van der Waals surface area (Å²) in [5, 5.41) is 0. The number of hydrogen-bond donors (Lipinski definition) is 0. The van der Waals surface area contributed by atoms with Crippen LogP contribution in [-0.4, -0.2) is 29.2 Å². The van der Waals surface area contributed by atoms with E-state index in [1.54, 1.807) is 0 Å². The molecule has 0 nitrogen and oxygen atoms in total. The van der Waals surface area contributed by atoms with Gasteiger partial charge in [0, 0.05) is 0 Å². The Kier molecular flexibility index (Phi) is 12.2. The van der Waals surface area contributed by atoms with Crippen molar-refractivity contribution in [2.24, 2.45) is 0 Å². The van der Waals surface area contributed by atoms with Gasteiger partial charge in [-0.25, -0.2) is 13.2 Å². The maximum atomic E-state index is 10.4. The molecule has 0 atom stereocenters. The minimum Gasteiger partial charge on any atom is -0.412 e.